The number of rotatable bonds is 3. The number of hydrogen-bond donors (Lipinski definition) is 2. The van der Waals surface area contributed by atoms with Gasteiger partial charge in [-0.25, -0.2) is 8.42 Å². The molecule has 4 nitrogen and oxygen atoms in total. The molecule has 0 amide bonds. The number of aromatic hydroxyl groups is 1. The monoisotopic (exact) mass is 309 g/mol. The fourth-order valence-electron chi connectivity index (χ4n) is 3.89. The van der Waals surface area contributed by atoms with Gasteiger partial charge in [-0.3, -0.25) is 0 Å². The van der Waals surface area contributed by atoms with Crippen molar-refractivity contribution in [3.8, 4) is 5.75 Å². The van der Waals surface area contributed by atoms with E-state index in [9.17, 15) is 13.5 Å². The van der Waals surface area contributed by atoms with Gasteiger partial charge in [-0.1, -0.05) is 13.0 Å². The maximum atomic E-state index is 11.9. The smallest absolute Gasteiger partial charge is 0.154 e. The highest BCUT2D eigenvalue weighted by Gasteiger charge is 2.35. The van der Waals surface area contributed by atoms with E-state index in [-0.39, 0.29) is 11.3 Å². The predicted molar refractivity (Wildman–Crippen MR) is 83.4 cm³/mol. The van der Waals surface area contributed by atoms with E-state index in [4.69, 9.17) is 0 Å². The van der Waals surface area contributed by atoms with Gasteiger partial charge in [-0.15, -0.1) is 0 Å². The van der Waals surface area contributed by atoms with Crippen LogP contribution in [0, 0.1) is 6.92 Å². The molecule has 3 unspecified atom stereocenters. The Balaban J connectivity index is 1.79. The Morgan fingerprint density at radius 1 is 1.33 bits per heavy atom. The molecular weight excluding hydrogens is 286 g/mol. The van der Waals surface area contributed by atoms with Crippen LogP contribution < -0.4 is 5.32 Å². The lowest BCUT2D eigenvalue weighted by molar-refractivity contribution is 0.443. The molecule has 1 saturated heterocycles. The summed E-state index contributed by atoms with van der Waals surface area (Å²) in [5.41, 5.74) is 3.40. The Labute approximate surface area is 126 Å². The minimum absolute atomic E-state index is 0.0608. The van der Waals surface area contributed by atoms with Crippen LogP contribution in [0.5, 0.6) is 5.75 Å². The van der Waals surface area contributed by atoms with Crippen molar-refractivity contribution in [1.29, 1.82) is 0 Å². The molecule has 1 aromatic rings. The standard InChI is InChI=1S/C16H23NO3S/c1-10-5-6-14(18)16-13(8-11(2)15(10)16)17-9-12-4-3-7-21(12,19)20/h5-6,11-13,17-18H,3-4,7-9H2,1-2H3. The molecule has 1 heterocycles. The normalized spacial score (nSPS) is 30.5. The topological polar surface area (TPSA) is 66.4 Å². The molecule has 1 fully saturated rings. The van der Waals surface area contributed by atoms with E-state index in [0.29, 0.717) is 24.0 Å². The summed E-state index contributed by atoms with van der Waals surface area (Å²) in [6.45, 7) is 4.73. The average molecular weight is 309 g/mol. The van der Waals surface area contributed by atoms with Gasteiger partial charge in [0.1, 0.15) is 5.75 Å². The molecule has 0 spiro atoms. The SMILES string of the molecule is Cc1ccc(O)c2c1C(C)CC2NCC1CCCS1(=O)=O. The van der Waals surface area contributed by atoms with Crippen LogP contribution in [0.3, 0.4) is 0 Å². The maximum absolute atomic E-state index is 11.9. The van der Waals surface area contributed by atoms with Crippen molar-refractivity contribution >= 4 is 9.84 Å². The molecule has 0 radical (unpaired) electrons. The number of benzene rings is 1. The quantitative estimate of drug-likeness (QED) is 0.900. The van der Waals surface area contributed by atoms with E-state index in [0.717, 1.165) is 24.8 Å². The number of aryl methyl sites for hydroxylation is 1. The summed E-state index contributed by atoms with van der Waals surface area (Å²) >= 11 is 0. The van der Waals surface area contributed by atoms with Gasteiger partial charge in [-0.2, -0.15) is 0 Å². The molecule has 2 N–H and O–H groups in total. The number of hydrogen-bond acceptors (Lipinski definition) is 4. The third kappa shape index (κ3) is 2.57. The average Bonchev–Trinajstić information content (AvgIpc) is 2.92. The molecule has 116 valence electrons. The minimum atomic E-state index is -2.91. The fraction of sp³-hybridized carbons (Fsp3) is 0.625. The lowest BCUT2D eigenvalue weighted by atomic mass is 9.97. The highest BCUT2D eigenvalue weighted by atomic mass is 32.2. The fourth-order valence-corrected chi connectivity index (χ4v) is 5.67. The third-order valence-electron chi connectivity index (χ3n) is 4.97. The van der Waals surface area contributed by atoms with Crippen LogP contribution in [0.2, 0.25) is 0 Å². The van der Waals surface area contributed by atoms with Gasteiger partial charge in [0.05, 0.1) is 11.0 Å². The van der Waals surface area contributed by atoms with E-state index in [1.807, 2.05) is 6.07 Å². The molecule has 1 aromatic carbocycles. The van der Waals surface area contributed by atoms with Gasteiger partial charge in [0, 0.05) is 18.2 Å². The van der Waals surface area contributed by atoms with Crippen LogP contribution in [0.15, 0.2) is 12.1 Å². The van der Waals surface area contributed by atoms with Crippen molar-refractivity contribution < 1.29 is 13.5 Å². The summed E-state index contributed by atoms with van der Waals surface area (Å²) in [5.74, 6) is 1.04. The van der Waals surface area contributed by atoms with E-state index >= 15 is 0 Å². The summed E-state index contributed by atoms with van der Waals surface area (Å²) in [5, 5.41) is 13.3. The van der Waals surface area contributed by atoms with Gasteiger partial charge in [-0.05, 0) is 49.3 Å². The predicted octanol–water partition coefficient (Wildman–Crippen LogP) is 2.42. The summed E-state index contributed by atoms with van der Waals surface area (Å²) in [4.78, 5) is 0. The molecule has 0 aromatic heterocycles. The highest BCUT2D eigenvalue weighted by Crippen LogP contribution is 2.45. The number of phenolic OH excluding ortho intramolecular Hbond substituents is 1. The van der Waals surface area contributed by atoms with Crippen LogP contribution in [-0.2, 0) is 9.84 Å². The van der Waals surface area contributed by atoms with Crippen molar-refractivity contribution in [3.05, 3.63) is 28.8 Å². The van der Waals surface area contributed by atoms with Crippen LogP contribution in [-0.4, -0.2) is 31.1 Å². The number of phenols is 1. The van der Waals surface area contributed by atoms with Gasteiger partial charge in [0.2, 0.25) is 0 Å². The summed E-state index contributed by atoms with van der Waals surface area (Å²) in [6.07, 6.45) is 2.45. The van der Waals surface area contributed by atoms with Crippen LogP contribution in [0.1, 0.15) is 54.8 Å². The molecule has 1 aliphatic heterocycles. The van der Waals surface area contributed by atoms with E-state index < -0.39 is 9.84 Å². The van der Waals surface area contributed by atoms with E-state index in [1.54, 1.807) is 6.07 Å². The molecule has 0 bridgehead atoms. The molecule has 2 aliphatic rings. The largest absolute Gasteiger partial charge is 0.508 e. The van der Waals surface area contributed by atoms with Crippen molar-refractivity contribution in [1.82, 2.24) is 5.32 Å². The van der Waals surface area contributed by atoms with Crippen LogP contribution in [0.25, 0.3) is 0 Å². The van der Waals surface area contributed by atoms with E-state index in [1.165, 1.54) is 11.1 Å². The zero-order valence-corrected chi connectivity index (χ0v) is 13.4. The zero-order chi connectivity index (χ0) is 15.2. The molecule has 1 aliphatic carbocycles. The minimum Gasteiger partial charge on any atom is -0.508 e. The van der Waals surface area contributed by atoms with Crippen LogP contribution in [0.4, 0.5) is 0 Å². The maximum Gasteiger partial charge on any atom is 0.154 e. The first-order valence-electron chi connectivity index (χ1n) is 7.67. The second kappa shape index (κ2) is 5.29. The Morgan fingerprint density at radius 3 is 2.76 bits per heavy atom. The first-order chi connectivity index (χ1) is 9.90. The summed E-state index contributed by atoms with van der Waals surface area (Å²) in [7, 11) is -2.91. The van der Waals surface area contributed by atoms with E-state index in [2.05, 4.69) is 19.2 Å². The van der Waals surface area contributed by atoms with Crippen molar-refractivity contribution in [2.75, 3.05) is 12.3 Å². The molecule has 3 atom stereocenters. The van der Waals surface area contributed by atoms with Gasteiger partial charge in [0.25, 0.3) is 0 Å². The van der Waals surface area contributed by atoms with Crippen molar-refractivity contribution in [2.45, 2.75) is 50.3 Å². The van der Waals surface area contributed by atoms with Gasteiger partial charge >= 0.3 is 0 Å². The Hall–Kier alpha value is -1.07. The summed E-state index contributed by atoms with van der Waals surface area (Å²) < 4.78 is 23.8. The van der Waals surface area contributed by atoms with Gasteiger partial charge < -0.3 is 10.4 Å². The molecular formula is C16H23NO3S. The number of sulfone groups is 1. The molecule has 5 heteroatoms. The zero-order valence-electron chi connectivity index (χ0n) is 12.6. The first-order valence-corrected chi connectivity index (χ1v) is 9.39. The number of fused-ring (bicyclic) bond motifs is 1. The molecule has 21 heavy (non-hydrogen) atoms. The second-order valence-corrected chi connectivity index (χ2v) is 8.86. The first kappa shape index (κ1) is 14.9. The third-order valence-corrected chi connectivity index (χ3v) is 7.24. The lowest BCUT2D eigenvalue weighted by Crippen LogP contribution is -2.32. The van der Waals surface area contributed by atoms with Crippen molar-refractivity contribution in [2.24, 2.45) is 0 Å². The lowest BCUT2D eigenvalue weighted by Gasteiger charge is -2.18. The summed E-state index contributed by atoms with van der Waals surface area (Å²) in [6, 6.07) is 3.76. The molecule has 3 rings (SSSR count). The van der Waals surface area contributed by atoms with Gasteiger partial charge in [0.15, 0.2) is 9.84 Å². The molecule has 0 saturated carbocycles. The Morgan fingerprint density at radius 2 is 2.10 bits per heavy atom. The van der Waals surface area contributed by atoms with Crippen LogP contribution >= 0.6 is 0 Å². The highest BCUT2D eigenvalue weighted by molar-refractivity contribution is 7.92. The van der Waals surface area contributed by atoms with Crippen molar-refractivity contribution in [3.63, 3.8) is 0 Å². The number of nitrogens with one attached hydrogen (secondary N) is 1. The Bertz CT molecular complexity index is 654. The Kier molecular flexibility index (Phi) is 3.74. The second-order valence-electron chi connectivity index (χ2n) is 6.46.